The minimum absolute atomic E-state index is 0.0500. The van der Waals surface area contributed by atoms with E-state index in [2.05, 4.69) is 4.72 Å². The topological polar surface area (TPSA) is 84.9 Å². The molecule has 1 saturated heterocycles. The van der Waals surface area contributed by atoms with Gasteiger partial charge in [0, 0.05) is 12.6 Å². The van der Waals surface area contributed by atoms with Crippen LogP contribution in [0.25, 0.3) is 0 Å². The van der Waals surface area contributed by atoms with Crippen LogP contribution >= 0.6 is 0 Å². The van der Waals surface area contributed by atoms with Gasteiger partial charge < -0.3 is 14.4 Å². The molecule has 1 saturated carbocycles. The molecule has 2 aliphatic rings. The second kappa shape index (κ2) is 6.01. The second-order valence-corrected chi connectivity index (χ2v) is 7.63. The van der Waals surface area contributed by atoms with Crippen LogP contribution in [-0.2, 0) is 14.8 Å². The second-order valence-electron chi connectivity index (χ2n) is 5.90. The normalized spacial score (nSPS) is 21.4. The van der Waals surface area contributed by atoms with Gasteiger partial charge in [0.05, 0.1) is 13.7 Å². The van der Waals surface area contributed by atoms with Crippen molar-refractivity contribution in [1.82, 2.24) is 9.62 Å². The van der Waals surface area contributed by atoms with Crippen molar-refractivity contribution >= 4 is 16.1 Å². The number of carbonyl (C=O) groups excluding carboxylic acids is 1. The number of hydrogen-bond acceptors (Lipinski definition) is 5. The highest BCUT2D eigenvalue weighted by atomic mass is 32.2. The van der Waals surface area contributed by atoms with E-state index < -0.39 is 16.1 Å². The molecular weight excluding hydrogens is 320 g/mol. The third kappa shape index (κ3) is 3.42. The Morgan fingerprint density at radius 1 is 1.39 bits per heavy atom. The molecule has 1 aliphatic heterocycles. The lowest BCUT2D eigenvalue weighted by Gasteiger charge is -2.14. The molecule has 0 radical (unpaired) electrons. The molecule has 0 aromatic heterocycles. The summed E-state index contributed by atoms with van der Waals surface area (Å²) < 4.78 is 37.8. The molecule has 8 heteroatoms. The van der Waals surface area contributed by atoms with Crippen molar-refractivity contribution in [2.45, 2.75) is 36.8 Å². The first-order valence-electron chi connectivity index (χ1n) is 7.52. The van der Waals surface area contributed by atoms with Gasteiger partial charge in [-0.15, -0.1) is 0 Å². The molecule has 1 unspecified atom stereocenters. The Morgan fingerprint density at radius 2 is 2.13 bits per heavy atom. The van der Waals surface area contributed by atoms with Gasteiger partial charge in [0.15, 0.2) is 0 Å². The Morgan fingerprint density at radius 3 is 2.78 bits per heavy atom. The van der Waals surface area contributed by atoms with Crippen LogP contribution < -0.4 is 9.46 Å². The van der Waals surface area contributed by atoms with Crippen molar-refractivity contribution in [1.29, 1.82) is 0 Å². The van der Waals surface area contributed by atoms with Gasteiger partial charge in [0.2, 0.25) is 10.0 Å². The van der Waals surface area contributed by atoms with Gasteiger partial charge in [-0.3, -0.25) is 0 Å². The number of ether oxygens (including phenoxy) is 2. The Bertz CT molecular complexity index is 715. The van der Waals surface area contributed by atoms with Crippen molar-refractivity contribution in [3.63, 3.8) is 0 Å². The maximum Gasteiger partial charge on any atom is 0.410 e. The van der Waals surface area contributed by atoms with Crippen LogP contribution in [0.1, 0.15) is 18.4 Å². The molecular formula is C15H20N2O5S. The molecule has 1 aromatic rings. The summed E-state index contributed by atoms with van der Waals surface area (Å²) in [5.74, 6) is 0.283. The van der Waals surface area contributed by atoms with E-state index in [0.717, 1.165) is 18.4 Å². The fourth-order valence-corrected chi connectivity index (χ4v) is 3.92. The average Bonchev–Trinajstić information content (AvgIpc) is 3.28. The van der Waals surface area contributed by atoms with Crippen LogP contribution in [0, 0.1) is 6.92 Å². The van der Waals surface area contributed by atoms with Gasteiger partial charge in [0.25, 0.3) is 0 Å². The van der Waals surface area contributed by atoms with Gasteiger partial charge in [-0.05, 0) is 37.5 Å². The van der Waals surface area contributed by atoms with E-state index in [1.54, 1.807) is 23.1 Å². The number of cyclic esters (lactones) is 1. The van der Waals surface area contributed by atoms with E-state index in [4.69, 9.17) is 9.47 Å². The molecule has 1 aromatic carbocycles. The summed E-state index contributed by atoms with van der Waals surface area (Å²) in [6.07, 6.45) is 1.17. The zero-order valence-corrected chi connectivity index (χ0v) is 13.9. The number of methoxy groups -OCH3 is 1. The van der Waals surface area contributed by atoms with Gasteiger partial charge in [-0.1, -0.05) is 6.07 Å². The van der Waals surface area contributed by atoms with Crippen molar-refractivity contribution in [2.75, 3.05) is 20.2 Å². The molecule has 126 valence electrons. The van der Waals surface area contributed by atoms with E-state index in [9.17, 15) is 13.2 Å². The Hall–Kier alpha value is -1.80. The maximum atomic E-state index is 12.5. The molecule has 1 atom stereocenters. The molecule has 1 aliphatic carbocycles. The largest absolute Gasteiger partial charge is 0.495 e. The standard InChI is InChI=1S/C15H20N2O5S/c1-10-3-6-13(21-2)14(7-10)23(19,20)16-8-12-9-17(11-4-5-11)15(18)22-12/h3,6-7,11-12,16H,4-5,8-9H2,1-2H3. The lowest BCUT2D eigenvalue weighted by molar-refractivity contribution is 0.133. The molecule has 1 N–H and O–H groups in total. The third-order valence-electron chi connectivity index (χ3n) is 4.00. The first-order valence-corrected chi connectivity index (χ1v) is 9.00. The van der Waals surface area contributed by atoms with E-state index in [1.807, 2.05) is 6.92 Å². The molecule has 3 rings (SSSR count). The summed E-state index contributed by atoms with van der Waals surface area (Å²) in [5.41, 5.74) is 0.818. The van der Waals surface area contributed by atoms with Gasteiger partial charge >= 0.3 is 6.09 Å². The van der Waals surface area contributed by atoms with Crippen molar-refractivity contribution in [3.05, 3.63) is 23.8 Å². The highest BCUT2D eigenvalue weighted by Crippen LogP contribution is 2.30. The van der Waals surface area contributed by atoms with E-state index in [-0.39, 0.29) is 29.3 Å². The number of hydrogen-bond donors (Lipinski definition) is 1. The van der Waals surface area contributed by atoms with Crippen LogP contribution in [0.5, 0.6) is 5.75 Å². The lowest BCUT2D eigenvalue weighted by atomic mass is 10.2. The van der Waals surface area contributed by atoms with E-state index in [0.29, 0.717) is 6.54 Å². The highest BCUT2D eigenvalue weighted by Gasteiger charge is 2.41. The van der Waals surface area contributed by atoms with Gasteiger partial charge in [0.1, 0.15) is 16.7 Å². The Balaban J connectivity index is 1.67. The molecule has 2 fully saturated rings. The first kappa shape index (κ1) is 16.1. The third-order valence-corrected chi connectivity index (χ3v) is 5.44. The van der Waals surface area contributed by atoms with Crippen LogP contribution in [0.3, 0.4) is 0 Å². The summed E-state index contributed by atoms with van der Waals surface area (Å²) in [4.78, 5) is 13.5. The monoisotopic (exact) mass is 340 g/mol. The summed E-state index contributed by atoms with van der Waals surface area (Å²) in [7, 11) is -2.31. The van der Waals surface area contributed by atoms with Crippen LogP contribution in [0.4, 0.5) is 4.79 Å². The fourth-order valence-electron chi connectivity index (χ4n) is 2.61. The van der Waals surface area contributed by atoms with Crippen LogP contribution in [0.15, 0.2) is 23.1 Å². The predicted octanol–water partition coefficient (Wildman–Crippen LogP) is 1.27. The molecule has 23 heavy (non-hydrogen) atoms. The minimum Gasteiger partial charge on any atom is -0.495 e. The minimum atomic E-state index is -3.74. The maximum absolute atomic E-state index is 12.5. The van der Waals surface area contributed by atoms with Gasteiger partial charge in [-0.2, -0.15) is 0 Å². The zero-order chi connectivity index (χ0) is 16.6. The summed E-state index contributed by atoms with van der Waals surface area (Å²) >= 11 is 0. The van der Waals surface area contributed by atoms with Crippen LogP contribution in [-0.4, -0.2) is 51.8 Å². The highest BCUT2D eigenvalue weighted by molar-refractivity contribution is 7.89. The number of amides is 1. The summed E-state index contributed by atoms with van der Waals surface area (Å²) in [6.45, 7) is 2.29. The van der Waals surface area contributed by atoms with Gasteiger partial charge in [-0.25, -0.2) is 17.9 Å². The smallest absolute Gasteiger partial charge is 0.410 e. The number of nitrogens with one attached hydrogen (secondary N) is 1. The zero-order valence-electron chi connectivity index (χ0n) is 13.1. The quantitative estimate of drug-likeness (QED) is 0.843. The average molecular weight is 340 g/mol. The SMILES string of the molecule is COc1ccc(C)cc1S(=O)(=O)NCC1CN(C2CC2)C(=O)O1. The molecule has 7 nitrogen and oxygen atoms in total. The van der Waals surface area contributed by atoms with Crippen molar-refractivity contribution < 1.29 is 22.7 Å². The van der Waals surface area contributed by atoms with Crippen LogP contribution in [0.2, 0.25) is 0 Å². The molecule has 0 spiro atoms. The predicted molar refractivity (Wildman–Crippen MR) is 82.9 cm³/mol. The molecule has 1 amide bonds. The van der Waals surface area contributed by atoms with E-state index >= 15 is 0 Å². The lowest BCUT2D eigenvalue weighted by Crippen LogP contribution is -2.35. The van der Waals surface area contributed by atoms with E-state index in [1.165, 1.54) is 7.11 Å². The Kier molecular flexibility index (Phi) is 4.20. The number of nitrogens with zero attached hydrogens (tertiary/aromatic N) is 1. The Labute approximate surface area is 135 Å². The number of benzene rings is 1. The first-order chi connectivity index (χ1) is 10.9. The molecule has 0 bridgehead atoms. The molecule has 1 heterocycles. The summed E-state index contributed by atoms with van der Waals surface area (Å²) in [6, 6.07) is 5.22. The van der Waals surface area contributed by atoms with Crippen molar-refractivity contribution in [2.24, 2.45) is 0 Å². The number of sulfonamides is 1. The number of carbonyl (C=O) groups is 1. The van der Waals surface area contributed by atoms with Crippen molar-refractivity contribution in [3.8, 4) is 5.75 Å². The summed E-state index contributed by atoms with van der Waals surface area (Å²) in [5, 5.41) is 0. The number of aryl methyl sites for hydroxylation is 1. The fraction of sp³-hybridized carbons (Fsp3) is 0.533. The number of rotatable bonds is 6.